The average Bonchev–Trinajstić information content (AvgIpc) is 3.23. The number of rotatable bonds is 6. The Balaban J connectivity index is 1.58. The number of carbonyl (C=O) groups is 2. The maximum atomic E-state index is 13.5. The molecule has 0 atom stereocenters. The molecule has 1 fully saturated rings. The Bertz CT molecular complexity index is 1070. The summed E-state index contributed by atoms with van der Waals surface area (Å²) in [7, 11) is 0. The Labute approximate surface area is 188 Å². The number of nitrogens with zero attached hydrogens (tertiary/aromatic N) is 3. The van der Waals surface area contributed by atoms with Gasteiger partial charge in [0.15, 0.2) is 0 Å². The van der Waals surface area contributed by atoms with Gasteiger partial charge in [0.1, 0.15) is 5.69 Å². The number of benzene rings is 2. The van der Waals surface area contributed by atoms with Crippen molar-refractivity contribution < 1.29 is 14.3 Å². The van der Waals surface area contributed by atoms with E-state index in [1.807, 2.05) is 79.4 Å². The van der Waals surface area contributed by atoms with Crippen LogP contribution in [0, 0.1) is 12.8 Å². The second kappa shape index (κ2) is 9.81. The highest BCUT2D eigenvalue weighted by Gasteiger charge is 2.30. The molecular weight excluding hydrogens is 402 g/mol. The van der Waals surface area contributed by atoms with Crippen molar-refractivity contribution in [3.8, 4) is 11.3 Å². The third-order valence-electron chi connectivity index (χ3n) is 5.92. The van der Waals surface area contributed by atoms with Crippen molar-refractivity contribution in [1.82, 2.24) is 14.7 Å². The summed E-state index contributed by atoms with van der Waals surface area (Å²) in [4.78, 5) is 27.3. The summed E-state index contributed by atoms with van der Waals surface area (Å²) in [5.41, 5.74) is 4.60. The summed E-state index contributed by atoms with van der Waals surface area (Å²) in [5, 5.41) is 4.78. The summed E-state index contributed by atoms with van der Waals surface area (Å²) >= 11 is 0. The Morgan fingerprint density at radius 1 is 1.03 bits per heavy atom. The first-order chi connectivity index (χ1) is 15.5. The predicted molar refractivity (Wildman–Crippen MR) is 123 cm³/mol. The van der Waals surface area contributed by atoms with E-state index in [4.69, 9.17) is 9.84 Å². The van der Waals surface area contributed by atoms with Crippen molar-refractivity contribution in [2.45, 2.75) is 33.2 Å². The first kappa shape index (κ1) is 21.8. The third-order valence-corrected chi connectivity index (χ3v) is 5.92. The number of hydrogen-bond acceptors (Lipinski definition) is 4. The monoisotopic (exact) mass is 431 g/mol. The highest BCUT2D eigenvalue weighted by molar-refractivity contribution is 5.94. The van der Waals surface area contributed by atoms with Gasteiger partial charge in [-0.2, -0.15) is 5.10 Å². The molecule has 6 nitrogen and oxygen atoms in total. The highest BCUT2D eigenvalue weighted by atomic mass is 16.5. The van der Waals surface area contributed by atoms with Gasteiger partial charge in [-0.1, -0.05) is 60.2 Å². The number of ether oxygens (including phenoxy) is 1. The first-order valence-corrected chi connectivity index (χ1v) is 11.2. The normalized spacial score (nSPS) is 14.4. The van der Waals surface area contributed by atoms with E-state index in [-0.39, 0.29) is 17.8 Å². The lowest BCUT2D eigenvalue weighted by Crippen LogP contribution is -2.41. The Morgan fingerprint density at radius 3 is 2.38 bits per heavy atom. The zero-order chi connectivity index (χ0) is 22.5. The molecule has 1 aliphatic rings. The molecule has 2 heterocycles. The Kier molecular flexibility index (Phi) is 6.69. The number of aromatic nitrogens is 2. The van der Waals surface area contributed by atoms with Crippen LogP contribution in [0.3, 0.4) is 0 Å². The summed E-state index contributed by atoms with van der Waals surface area (Å²) in [6.07, 6.45) is 1.25. The van der Waals surface area contributed by atoms with Gasteiger partial charge < -0.3 is 9.64 Å². The molecule has 0 radical (unpaired) electrons. The van der Waals surface area contributed by atoms with Gasteiger partial charge in [-0.15, -0.1) is 0 Å². The first-order valence-electron chi connectivity index (χ1n) is 11.2. The lowest BCUT2D eigenvalue weighted by atomic mass is 9.97. The van der Waals surface area contributed by atoms with Crippen LogP contribution in [-0.2, 0) is 16.1 Å². The molecule has 1 amide bonds. The van der Waals surface area contributed by atoms with Gasteiger partial charge in [0.05, 0.1) is 24.8 Å². The van der Waals surface area contributed by atoms with Gasteiger partial charge in [0.25, 0.3) is 5.91 Å². The second-order valence-electron chi connectivity index (χ2n) is 8.24. The maximum Gasteiger partial charge on any atom is 0.309 e. The average molecular weight is 432 g/mol. The van der Waals surface area contributed by atoms with Crippen LogP contribution in [0.25, 0.3) is 11.3 Å². The van der Waals surface area contributed by atoms with Crippen LogP contribution in [0.4, 0.5) is 0 Å². The minimum Gasteiger partial charge on any atom is -0.466 e. The number of esters is 1. The van der Waals surface area contributed by atoms with E-state index in [9.17, 15) is 9.59 Å². The molecule has 32 heavy (non-hydrogen) atoms. The summed E-state index contributed by atoms with van der Waals surface area (Å²) in [6.45, 7) is 5.85. The molecule has 1 aromatic heterocycles. The standard InChI is InChI=1S/C26H29N3O3/c1-3-32-26(31)22-13-15-28(16-14-22)25(30)24-17-23(21-11-9-19(2)10-12-21)27-29(24)18-20-7-5-4-6-8-20/h4-12,17,22H,3,13-16,18H2,1-2H3. The van der Waals surface area contributed by atoms with Crippen molar-refractivity contribution >= 4 is 11.9 Å². The number of piperidine rings is 1. The molecule has 6 heteroatoms. The molecule has 1 saturated heterocycles. The van der Waals surface area contributed by atoms with Gasteiger partial charge in [-0.25, -0.2) is 0 Å². The molecule has 166 valence electrons. The molecule has 0 aliphatic carbocycles. The third kappa shape index (κ3) is 4.90. The molecule has 2 aromatic carbocycles. The number of aryl methyl sites for hydroxylation is 1. The molecule has 0 bridgehead atoms. The fourth-order valence-electron chi connectivity index (χ4n) is 4.07. The molecule has 0 unspecified atom stereocenters. The number of amides is 1. The van der Waals surface area contributed by atoms with Crippen LogP contribution in [0.15, 0.2) is 60.7 Å². The fourth-order valence-corrected chi connectivity index (χ4v) is 4.07. The van der Waals surface area contributed by atoms with Gasteiger partial charge in [0.2, 0.25) is 0 Å². The molecule has 0 spiro atoms. The topological polar surface area (TPSA) is 64.4 Å². The van der Waals surface area contributed by atoms with Gasteiger partial charge in [-0.05, 0) is 38.3 Å². The van der Waals surface area contributed by atoms with Crippen LogP contribution in [0.1, 0.15) is 41.4 Å². The van der Waals surface area contributed by atoms with Gasteiger partial charge >= 0.3 is 5.97 Å². The molecule has 0 N–H and O–H groups in total. The molecular formula is C26H29N3O3. The second-order valence-corrected chi connectivity index (χ2v) is 8.24. The van der Waals surface area contributed by atoms with Crippen molar-refractivity contribution in [2.75, 3.05) is 19.7 Å². The Morgan fingerprint density at radius 2 is 1.72 bits per heavy atom. The van der Waals surface area contributed by atoms with E-state index < -0.39 is 0 Å². The number of carbonyl (C=O) groups excluding carboxylic acids is 2. The minimum atomic E-state index is -0.157. The van der Waals surface area contributed by atoms with E-state index >= 15 is 0 Å². The maximum absolute atomic E-state index is 13.5. The lowest BCUT2D eigenvalue weighted by molar-refractivity contribution is -0.149. The highest BCUT2D eigenvalue weighted by Crippen LogP contribution is 2.24. The van der Waals surface area contributed by atoms with Crippen molar-refractivity contribution in [1.29, 1.82) is 0 Å². The minimum absolute atomic E-state index is 0.0471. The Hall–Kier alpha value is -3.41. The molecule has 3 aromatic rings. The van der Waals surface area contributed by atoms with Crippen molar-refractivity contribution in [3.05, 3.63) is 77.5 Å². The molecule has 4 rings (SSSR count). The van der Waals surface area contributed by atoms with Crippen molar-refractivity contribution in [2.24, 2.45) is 5.92 Å². The quantitative estimate of drug-likeness (QED) is 0.545. The van der Waals surface area contributed by atoms with Gasteiger partial charge in [0, 0.05) is 18.7 Å². The largest absolute Gasteiger partial charge is 0.466 e. The van der Waals surface area contributed by atoms with E-state index in [1.165, 1.54) is 5.56 Å². The smallest absolute Gasteiger partial charge is 0.309 e. The lowest BCUT2D eigenvalue weighted by Gasteiger charge is -2.30. The number of hydrogen-bond donors (Lipinski definition) is 0. The molecule has 0 saturated carbocycles. The van der Waals surface area contributed by atoms with E-state index in [1.54, 1.807) is 4.68 Å². The zero-order valence-electron chi connectivity index (χ0n) is 18.7. The number of likely N-dealkylation sites (tertiary alicyclic amines) is 1. The van der Waals surface area contributed by atoms with Gasteiger partial charge in [-0.3, -0.25) is 14.3 Å². The predicted octanol–water partition coefficient (Wildman–Crippen LogP) is 4.32. The fraction of sp³-hybridized carbons (Fsp3) is 0.346. The van der Waals surface area contributed by atoms with Crippen molar-refractivity contribution in [3.63, 3.8) is 0 Å². The molecule has 1 aliphatic heterocycles. The van der Waals surface area contributed by atoms with Crippen LogP contribution < -0.4 is 0 Å². The van der Waals surface area contributed by atoms with Crippen LogP contribution in [0.5, 0.6) is 0 Å². The van der Waals surface area contributed by atoms with E-state index in [0.717, 1.165) is 16.8 Å². The van der Waals surface area contributed by atoms with Crippen LogP contribution >= 0.6 is 0 Å². The SMILES string of the molecule is CCOC(=O)C1CCN(C(=O)c2cc(-c3ccc(C)cc3)nn2Cc2ccccc2)CC1. The summed E-state index contributed by atoms with van der Waals surface area (Å²) < 4.78 is 6.95. The van der Waals surface area contributed by atoms with E-state index in [2.05, 4.69) is 0 Å². The van der Waals surface area contributed by atoms with Crippen LogP contribution in [-0.4, -0.2) is 46.3 Å². The summed E-state index contributed by atoms with van der Waals surface area (Å²) in [6, 6.07) is 20.1. The zero-order valence-corrected chi connectivity index (χ0v) is 18.7. The van der Waals surface area contributed by atoms with Crippen LogP contribution in [0.2, 0.25) is 0 Å². The summed E-state index contributed by atoms with van der Waals surface area (Å²) in [5.74, 6) is -0.333. The van der Waals surface area contributed by atoms with E-state index in [0.29, 0.717) is 44.8 Å².